The number of urea groups is 1. The van der Waals surface area contributed by atoms with E-state index in [0.29, 0.717) is 12.6 Å². The van der Waals surface area contributed by atoms with Gasteiger partial charge in [0.25, 0.3) is 0 Å². The molecular formula is C24H25F3N6O3. The highest BCUT2D eigenvalue weighted by atomic mass is 19.4. The van der Waals surface area contributed by atoms with Crippen molar-refractivity contribution in [2.45, 2.75) is 44.6 Å². The Morgan fingerprint density at radius 1 is 1.22 bits per heavy atom. The van der Waals surface area contributed by atoms with E-state index in [1.165, 1.54) is 5.56 Å². The molecule has 1 aliphatic carbocycles. The molecule has 0 bridgehead atoms. The summed E-state index contributed by atoms with van der Waals surface area (Å²) in [7, 11) is 0. The second kappa shape index (κ2) is 10.8. The first kappa shape index (κ1) is 25.2. The molecule has 2 aliphatic rings. The van der Waals surface area contributed by atoms with E-state index in [0.717, 1.165) is 55.0 Å². The van der Waals surface area contributed by atoms with Gasteiger partial charge in [0.05, 0.1) is 17.6 Å². The van der Waals surface area contributed by atoms with E-state index in [-0.39, 0.29) is 6.03 Å². The Balaban J connectivity index is 0.000000384. The van der Waals surface area contributed by atoms with Gasteiger partial charge in [-0.25, -0.2) is 14.3 Å². The topological polar surface area (TPSA) is 112 Å². The number of carboxylic acids is 1. The number of rotatable bonds is 5. The second-order valence-electron chi connectivity index (χ2n) is 8.47. The molecule has 190 valence electrons. The molecule has 2 aromatic heterocycles. The molecule has 1 aromatic carbocycles. The van der Waals surface area contributed by atoms with Crippen molar-refractivity contribution >= 4 is 17.7 Å². The quantitative estimate of drug-likeness (QED) is 0.490. The summed E-state index contributed by atoms with van der Waals surface area (Å²) in [6, 6.07) is 12.4. The number of carbonyl (C=O) groups excluding carboxylic acids is 1. The van der Waals surface area contributed by atoms with Gasteiger partial charge in [-0.2, -0.15) is 18.3 Å². The van der Waals surface area contributed by atoms with Gasteiger partial charge in [-0.1, -0.05) is 12.1 Å². The number of aromatic nitrogens is 3. The minimum atomic E-state index is -5.08. The molecule has 1 fully saturated rings. The summed E-state index contributed by atoms with van der Waals surface area (Å²) in [6.07, 6.45) is 3.42. The summed E-state index contributed by atoms with van der Waals surface area (Å²) >= 11 is 0. The van der Waals surface area contributed by atoms with Crippen molar-refractivity contribution in [2.24, 2.45) is 0 Å². The Kier molecular flexibility index (Phi) is 7.53. The Bertz CT molecular complexity index is 1190. The van der Waals surface area contributed by atoms with Crippen LogP contribution in [0.4, 0.5) is 23.7 Å². The maximum atomic E-state index is 13.0. The fraction of sp³-hybridized carbons (Fsp3) is 0.333. The van der Waals surface area contributed by atoms with Crippen LogP contribution < -0.4 is 10.6 Å². The predicted octanol–water partition coefficient (Wildman–Crippen LogP) is 3.74. The lowest BCUT2D eigenvalue weighted by molar-refractivity contribution is -0.192. The molecule has 0 atom stereocenters. The van der Waals surface area contributed by atoms with Crippen LogP contribution in [0.5, 0.6) is 0 Å². The molecule has 0 unspecified atom stereocenters. The Morgan fingerprint density at radius 3 is 2.56 bits per heavy atom. The zero-order chi connectivity index (χ0) is 25.7. The van der Waals surface area contributed by atoms with Gasteiger partial charge < -0.3 is 20.6 Å². The van der Waals surface area contributed by atoms with Crippen LogP contribution in [0.2, 0.25) is 0 Å². The molecule has 36 heavy (non-hydrogen) atoms. The van der Waals surface area contributed by atoms with Crippen molar-refractivity contribution in [3.05, 3.63) is 71.8 Å². The number of alkyl halides is 3. The van der Waals surface area contributed by atoms with Gasteiger partial charge in [-0.3, -0.25) is 4.98 Å². The third kappa shape index (κ3) is 6.60. The molecule has 0 saturated heterocycles. The van der Waals surface area contributed by atoms with Crippen LogP contribution in [0.1, 0.15) is 29.7 Å². The van der Waals surface area contributed by atoms with Gasteiger partial charge in [0.1, 0.15) is 0 Å². The van der Waals surface area contributed by atoms with Crippen molar-refractivity contribution in [1.29, 1.82) is 0 Å². The van der Waals surface area contributed by atoms with Crippen LogP contribution in [0.15, 0.2) is 55.0 Å². The second-order valence-corrected chi connectivity index (χ2v) is 8.47. The van der Waals surface area contributed by atoms with Crippen molar-refractivity contribution in [1.82, 2.24) is 25.0 Å². The number of fused-ring (bicyclic) bond motifs is 1. The first-order chi connectivity index (χ1) is 17.2. The maximum Gasteiger partial charge on any atom is 0.490 e. The van der Waals surface area contributed by atoms with E-state index >= 15 is 0 Å². The number of carboxylic acid groups (broad SMARTS) is 1. The first-order valence-electron chi connectivity index (χ1n) is 11.4. The van der Waals surface area contributed by atoms with Crippen molar-refractivity contribution in [2.75, 3.05) is 11.9 Å². The predicted molar refractivity (Wildman–Crippen MR) is 124 cm³/mol. The molecule has 3 N–H and O–H groups in total. The van der Waals surface area contributed by atoms with Gasteiger partial charge in [-0.05, 0) is 48.2 Å². The molecule has 1 saturated carbocycles. The normalized spacial score (nSPS) is 14.8. The number of carbonyl (C=O) groups is 2. The number of halogens is 3. The van der Waals surface area contributed by atoms with E-state index in [1.807, 2.05) is 40.0 Å². The Hall–Kier alpha value is -3.93. The molecule has 0 spiro atoms. The lowest BCUT2D eigenvalue weighted by Crippen LogP contribution is -2.36. The third-order valence-corrected chi connectivity index (χ3v) is 5.71. The maximum absolute atomic E-state index is 13.0. The highest BCUT2D eigenvalue weighted by molar-refractivity contribution is 5.89. The summed E-state index contributed by atoms with van der Waals surface area (Å²) in [5, 5.41) is 17.8. The summed E-state index contributed by atoms with van der Waals surface area (Å²) in [5.74, 6) is -2.76. The molecular weight excluding hydrogens is 477 g/mol. The van der Waals surface area contributed by atoms with E-state index in [4.69, 9.17) is 9.90 Å². The van der Waals surface area contributed by atoms with Crippen LogP contribution >= 0.6 is 0 Å². The average molecular weight is 502 g/mol. The van der Waals surface area contributed by atoms with Crippen LogP contribution in [0, 0.1) is 0 Å². The number of pyridine rings is 1. The van der Waals surface area contributed by atoms with E-state index in [1.54, 1.807) is 12.4 Å². The summed E-state index contributed by atoms with van der Waals surface area (Å²) < 4.78 is 33.6. The average Bonchev–Trinajstić information content (AvgIpc) is 3.55. The SMILES string of the molecule is O=C(Nc1cnc2c(c1)CNCC2)N(Cc1ccc(-n2cccn2)cc1)C1CC1.O=C(O)C(F)(F)F. The van der Waals surface area contributed by atoms with Gasteiger partial charge >= 0.3 is 18.2 Å². The molecule has 12 heteroatoms. The lowest BCUT2D eigenvalue weighted by Gasteiger charge is -2.24. The number of aliphatic carboxylic acids is 1. The van der Waals surface area contributed by atoms with Crippen molar-refractivity contribution < 1.29 is 27.9 Å². The largest absolute Gasteiger partial charge is 0.490 e. The van der Waals surface area contributed by atoms with Crippen molar-refractivity contribution in [3.63, 3.8) is 0 Å². The Labute approximate surface area is 204 Å². The first-order valence-corrected chi connectivity index (χ1v) is 11.4. The molecule has 1 aliphatic heterocycles. The molecule has 0 radical (unpaired) electrons. The van der Waals surface area contributed by atoms with E-state index < -0.39 is 12.1 Å². The monoisotopic (exact) mass is 502 g/mol. The van der Waals surface area contributed by atoms with Crippen molar-refractivity contribution in [3.8, 4) is 5.69 Å². The Morgan fingerprint density at radius 2 is 1.94 bits per heavy atom. The number of benzene rings is 1. The fourth-order valence-electron chi connectivity index (χ4n) is 3.74. The van der Waals surface area contributed by atoms with Crippen LogP contribution in [0.3, 0.4) is 0 Å². The van der Waals surface area contributed by atoms with Gasteiger partial charge in [0.15, 0.2) is 0 Å². The molecule has 3 heterocycles. The number of hydrogen-bond donors (Lipinski definition) is 3. The van der Waals surface area contributed by atoms with Crippen LogP contribution in [-0.4, -0.2) is 55.5 Å². The molecule has 9 nitrogen and oxygen atoms in total. The highest BCUT2D eigenvalue weighted by Crippen LogP contribution is 2.29. The van der Waals surface area contributed by atoms with Gasteiger partial charge in [0.2, 0.25) is 0 Å². The summed E-state index contributed by atoms with van der Waals surface area (Å²) in [5.41, 5.74) is 5.17. The number of amides is 2. The highest BCUT2D eigenvalue weighted by Gasteiger charge is 2.38. The summed E-state index contributed by atoms with van der Waals surface area (Å²) in [4.78, 5) is 28.3. The minimum Gasteiger partial charge on any atom is -0.475 e. The molecule has 3 aromatic rings. The third-order valence-electron chi connectivity index (χ3n) is 5.71. The van der Waals surface area contributed by atoms with E-state index in [9.17, 15) is 18.0 Å². The number of hydrogen-bond acceptors (Lipinski definition) is 5. The van der Waals surface area contributed by atoms with Gasteiger partial charge in [0, 0.05) is 50.2 Å². The molecule has 2 amide bonds. The smallest absolute Gasteiger partial charge is 0.475 e. The number of nitrogens with zero attached hydrogens (tertiary/aromatic N) is 4. The van der Waals surface area contributed by atoms with Gasteiger partial charge in [-0.15, -0.1) is 0 Å². The summed E-state index contributed by atoms with van der Waals surface area (Å²) in [6.45, 7) is 2.36. The number of anilines is 1. The fourth-order valence-corrected chi connectivity index (χ4v) is 3.74. The zero-order valence-electron chi connectivity index (χ0n) is 19.2. The van der Waals surface area contributed by atoms with E-state index in [2.05, 4.69) is 32.8 Å². The minimum absolute atomic E-state index is 0.0610. The molecule has 5 rings (SSSR count). The number of nitrogens with one attached hydrogen (secondary N) is 2. The zero-order valence-corrected chi connectivity index (χ0v) is 19.2. The standard InChI is InChI=1S/C22H24N6O.C2HF3O2/c29-22(26-18-12-17-13-23-10-8-21(17)24-14-18)27(19-6-7-19)15-16-2-4-20(5-3-16)28-11-1-9-25-28;3-2(4,5)1(6)7/h1-5,9,11-12,14,19,23H,6-8,10,13,15H2,(H,26,29);(H,6,7). The van der Waals surface area contributed by atoms with Crippen LogP contribution in [0.25, 0.3) is 5.69 Å². The van der Waals surface area contributed by atoms with Crippen LogP contribution in [-0.2, 0) is 24.3 Å². The lowest BCUT2D eigenvalue weighted by atomic mass is 10.1.